The lowest BCUT2D eigenvalue weighted by atomic mass is 10.1. The molecule has 0 aromatic rings. The fourth-order valence-corrected chi connectivity index (χ4v) is 2.02. The minimum Gasteiger partial charge on any atom is -0.772 e. The van der Waals surface area contributed by atoms with Crippen molar-refractivity contribution in [2.75, 3.05) is 25.4 Å². The van der Waals surface area contributed by atoms with Crippen LogP contribution in [0.1, 0.15) is 19.3 Å². The predicted molar refractivity (Wildman–Crippen MR) is 52.1 cm³/mol. The van der Waals surface area contributed by atoms with Gasteiger partial charge < -0.3 is 15.2 Å². The number of hydrogen-bond acceptors (Lipinski definition) is 4. The lowest BCUT2D eigenvalue weighted by Gasteiger charge is -2.20. The fraction of sp³-hybridized carbons (Fsp3) is 1.00. The minimum absolute atomic E-state index is 0.245. The molecule has 1 heterocycles. The highest BCUT2D eigenvalue weighted by atomic mass is 32.2. The van der Waals surface area contributed by atoms with Gasteiger partial charge >= 0.3 is 0 Å². The maximum Gasteiger partial charge on any atom is 0.0229 e. The van der Waals surface area contributed by atoms with E-state index in [2.05, 4.69) is 4.90 Å². The maximum absolute atomic E-state index is 10.3. The van der Waals surface area contributed by atoms with Crippen molar-refractivity contribution in [1.82, 2.24) is 4.90 Å². The molecule has 1 saturated heterocycles. The van der Waals surface area contributed by atoms with Crippen molar-refractivity contribution in [2.45, 2.75) is 25.3 Å². The summed E-state index contributed by atoms with van der Waals surface area (Å²) in [5, 5.41) is 0. The van der Waals surface area contributed by atoms with Crippen LogP contribution in [0.2, 0.25) is 0 Å². The van der Waals surface area contributed by atoms with Crippen LogP contribution in [-0.2, 0) is 11.1 Å². The molecule has 0 aromatic heterocycles. The van der Waals surface area contributed by atoms with E-state index >= 15 is 0 Å². The molecule has 78 valence electrons. The van der Waals surface area contributed by atoms with Crippen molar-refractivity contribution in [1.29, 1.82) is 0 Å². The Bertz CT molecular complexity index is 178. The van der Waals surface area contributed by atoms with Crippen LogP contribution in [0, 0.1) is 0 Å². The van der Waals surface area contributed by atoms with Crippen molar-refractivity contribution in [3.63, 3.8) is 0 Å². The monoisotopic (exact) mass is 205 g/mol. The second-order valence-electron chi connectivity index (χ2n) is 3.54. The van der Waals surface area contributed by atoms with Gasteiger partial charge in [-0.1, -0.05) is 11.1 Å². The molecule has 2 N–H and O–H groups in total. The summed E-state index contributed by atoms with van der Waals surface area (Å²) in [5.74, 6) is 0.245. The Labute approximate surface area is 81.8 Å². The Kier molecular flexibility index (Phi) is 4.87. The summed E-state index contributed by atoms with van der Waals surface area (Å²) in [6, 6.07) is 0.308. The normalized spacial score (nSPS) is 28.3. The van der Waals surface area contributed by atoms with Crippen LogP contribution < -0.4 is 5.73 Å². The Morgan fingerprint density at radius 3 is 2.92 bits per heavy atom. The van der Waals surface area contributed by atoms with Crippen LogP contribution in [0.25, 0.3) is 0 Å². The largest absolute Gasteiger partial charge is 0.772 e. The van der Waals surface area contributed by atoms with Gasteiger partial charge in [0, 0.05) is 18.3 Å². The van der Waals surface area contributed by atoms with Crippen LogP contribution >= 0.6 is 0 Å². The molecule has 0 spiro atoms. The van der Waals surface area contributed by atoms with E-state index in [1.165, 1.54) is 0 Å². The first-order valence-corrected chi connectivity index (χ1v) is 5.96. The SMILES string of the molecule is NC1CCCN(CCS(=O)[O-])CC1. The van der Waals surface area contributed by atoms with Gasteiger partial charge in [0.05, 0.1) is 0 Å². The summed E-state index contributed by atoms with van der Waals surface area (Å²) in [6.45, 7) is 2.59. The maximum atomic E-state index is 10.3. The van der Waals surface area contributed by atoms with Crippen molar-refractivity contribution in [3.05, 3.63) is 0 Å². The molecule has 0 amide bonds. The van der Waals surface area contributed by atoms with Crippen LogP contribution in [-0.4, -0.2) is 45.1 Å². The molecule has 1 fully saturated rings. The summed E-state index contributed by atoms with van der Waals surface area (Å²) in [7, 11) is 0. The van der Waals surface area contributed by atoms with Gasteiger partial charge in [0.1, 0.15) is 0 Å². The highest BCUT2D eigenvalue weighted by Gasteiger charge is 2.12. The van der Waals surface area contributed by atoms with Crippen molar-refractivity contribution in [2.24, 2.45) is 5.73 Å². The molecule has 13 heavy (non-hydrogen) atoms. The summed E-state index contributed by atoms with van der Waals surface area (Å²) < 4.78 is 20.7. The minimum atomic E-state index is -1.90. The molecule has 2 unspecified atom stereocenters. The molecule has 0 aliphatic carbocycles. The molecule has 1 aliphatic heterocycles. The van der Waals surface area contributed by atoms with E-state index in [-0.39, 0.29) is 5.75 Å². The van der Waals surface area contributed by atoms with Gasteiger partial charge in [-0.15, -0.1) is 0 Å². The van der Waals surface area contributed by atoms with E-state index in [9.17, 15) is 8.76 Å². The third kappa shape index (κ3) is 4.71. The second-order valence-corrected chi connectivity index (χ2v) is 4.56. The van der Waals surface area contributed by atoms with Gasteiger partial charge in [-0.3, -0.25) is 4.21 Å². The summed E-state index contributed by atoms with van der Waals surface area (Å²) >= 11 is -1.90. The van der Waals surface area contributed by atoms with Gasteiger partial charge in [0.25, 0.3) is 0 Å². The molecular weight excluding hydrogens is 188 g/mol. The molecule has 1 rings (SSSR count). The number of hydrogen-bond donors (Lipinski definition) is 1. The molecule has 1 aliphatic rings. The number of nitrogens with two attached hydrogens (primary N) is 1. The summed E-state index contributed by atoms with van der Waals surface area (Å²) in [5.41, 5.74) is 5.80. The lowest BCUT2D eigenvalue weighted by molar-refractivity contribution is 0.299. The van der Waals surface area contributed by atoms with E-state index in [4.69, 9.17) is 5.73 Å². The average Bonchev–Trinajstić information content (AvgIpc) is 2.27. The van der Waals surface area contributed by atoms with Crippen molar-refractivity contribution < 1.29 is 8.76 Å². The van der Waals surface area contributed by atoms with E-state index < -0.39 is 11.1 Å². The Morgan fingerprint density at radius 2 is 2.23 bits per heavy atom. The van der Waals surface area contributed by atoms with Gasteiger partial charge in [0.15, 0.2) is 0 Å². The van der Waals surface area contributed by atoms with Crippen LogP contribution in [0.4, 0.5) is 0 Å². The highest BCUT2D eigenvalue weighted by Crippen LogP contribution is 2.08. The van der Waals surface area contributed by atoms with Crippen molar-refractivity contribution in [3.8, 4) is 0 Å². The van der Waals surface area contributed by atoms with E-state index in [1.807, 2.05) is 0 Å². The number of nitrogens with zero attached hydrogens (tertiary/aromatic N) is 1. The molecule has 2 atom stereocenters. The van der Waals surface area contributed by atoms with Gasteiger partial charge in [-0.25, -0.2) is 0 Å². The average molecular weight is 205 g/mol. The first kappa shape index (κ1) is 11.1. The number of likely N-dealkylation sites (tertiary alicyclic amines) is 1. The molecule has 0 saturated carbocycles. The molecule has 0 radical (unpaired) electrons. The highest BCUT2D eigenvalue weighted by molar-refractivity contribution is 7.79. The predicted octanol–water partition coefficient (Wildman–Crippen LogP) is -0.321. The van der Waals surface area contributed by atoms with Crippen LogP contribution in [0.5, 0.6) is 0 Å². The van der Waals surface area contributed by atoms with E-state index in [0.29, 0.717) is 12.6 Å². The molecule has 5 heteroatoms. The summed E-state index contributed by atoms with van der Waals surface area (Å²) in [4.78, 5) is 2.18. The zero-order valence-electron chi connectivity index (χ0n) is 7.78. The quantitative estimate of drug-likeness (QED) is 0.641. The van der Waals surface area contributed by atoms with Crippen LogP contribution in [0.15, 0.2) is 0 Å². The first-order valence-electron chi connectivity index (χ1n) is 4.72. The van der Waals surface area contributed by atoms with Crippen LogP contribution in [0.3, 0.4) is 0 Å². The van der Waals surface area contributed by atoms with Gasteiger partial charge in [0.2, 0.25) is 0 Å². The standard InChI is InChI=1S/C8H18N2O2S/c9-8-2-1-4-10(5-3-8)6-7-13(11)12/h8H,1-7,9H2,(H,11,12)/p-1. The second kappa shape index (κ2) is 5.70. The third-order valence-electron chi connectivity index (χ3n) is 2.44. The van der Waals surface area contributed by atoms with Crippen molar-refractivity contribution >= 4 is 11.1 Å². The Balaban J connectivity index is 2.22. The number of rotatable bonds is 3. The molecule has 0 aromatic carbocycles. The topological polar surface area (TPSA) is 69.4 Å². The third-order valence-corrected chi connectivity index (χ3v) is 2.96. The lowest BCUT2D eigenvalue weighted by Crippen LogP contribution is -2.30. The molecule has 0 bridgehead atoms. The smallest absolute Gasteiger partial charge is 0.0229 e. The summed E-state index contributed by atoms with van der Waals surface area (Å²) in [6.07, 6.45) is 3.15. The zero-order chi connectivity index (χ0) is 9.68. The van der Waals surface area contributed by atoms with E-state index in [1.54, 1.807) is 0 Å². The molecular formula is C8H17N2O2S-. The Morgan fingerprint density at radius 1 is 1.46 bits per heavy atom. The first-order chi connectivity index (χ1) is 6.18. The fourth-order valence-electron chi connectivity index (χ4n) is 1.61. The Hall–Kier alpha value is 0.0300. The van der Waals surface area contributed by atoms with Gasteiger partial charge in [-0.2, -0.15) is 0 Å². The van der Waals surface area contributed by atoms with Gasteiger partial charge in [-0.05, 0) is 32.4 Å². The zero-order valence-corrected chi connectivity index (χ0v) is 8.59. The molecule has 4 nitrogen and oxygen atoms in total. The van der Waals surface area contributed by atoms with E-state index in [0.717, 1.165) is 32.4 Å².